The number of hydrogen-bond acceptors (Lipinski definition) is 19. The van der Waals surface area contributed by atoms with Gasteiger partial charge in [-0.15, -0.1) is 0 Å². The van der Waals surface area contributed by atoms with Gasteiger partial charge in [0.2, 0.25) is 0 Å². The lowest BCUT2D eigenvalue weighted by Gasteiger charge is -2.32. The zero-order valence-corrected chi connectivity index (χ0v) is 61.6. The van der Waals surface area contributed by atoms with E-state index >= 15 is 0 Å². The first-order chi connectivity index (χ1) is 47.8. The molecule has 0 saturated heterocycles. The first-order valence-corrected chi connectivity index (χ1v) is 38.4. The highest BCUT2D eigenvalue weighted by Gasteiger charge is 2.37. The van der Waals surface area contributed by atoms with Gasteiger partial charge in [-0.05, 0) is 25.7 Å². The molecule has 24 heteroatoms. The van der Waals surface area contributed by atoms with Crippen LogP contribution in [0.4, 0.5) is 0 Å². The van der Waals surface area contributed by atoms with E-state index < -0.39 is 104 Å². The van der Waals surface area contributed by atoms with Crippen LogP contribution in [0.5, 0.6) is 0 Å². The lowest BCUT2D eigenvalue weighted by atomic mass is 9.92. The second-order valence-corrected chi connectivity index (χ2v) is 27.1. The second kappa shape index (κ2) is 65.8. The van der Waals surface area contributed by atoms with Crippen molar-refractivity contribution in [2.45, 2.75) is 316 Å². The quantitative estimate of drug-likeness (QED) is 0.0214. The van der Waals surface area contributed by atoms with Gasteiger partial charge in [-0.2, -0.15) is 0 Å². The third kappa shape index (κ3) is 61.0. The molecular weight excluding hydrogens is 1280 g/mol. The monoisotopic (exact) mass is 1410 g/mol. The van der Waals surface area contributed by atoms with Gasteiger partial charge in [0.05, 0.1) is 57.8 Å². The third-order valence-electron chi connectivity index (χ3n) is 17.7. The maximum Gasteiger partial charge on any atom is 0.321 e. The summed E-state index contributed by atoms with van der Waals surface area (Å²) < 4.78 is 34.5. The average Bonchev–Trinajstić information content (AvgIpc) is 0.903. The lowest BCUT2D eigenvalue weighted by Crippen LogP contribution is -2.50. The van der Waals surface area contributed by atoms with Gasteiger partial charge in [0.15, 0.2) is 0 Å². The van der Waals surface area contributed by atoms with E-state index in [1.165, 1.54) is 173 Å². The number of rotatable bonds is 75. The number of carbonyl (C=O) groups excluding carboxylic acids is 5. The number of ether oxygens (including phenoxy) is 6. The molecule has 0 aliphatic rings. The highest BCUT2D eigenvalue weighted by Crippen LogP contribution is 2.24. The summed E-state index contributed by atoms with van der Waals surface area (Å²) in [5.41, 5.74) is -1.31. The predicted molar refractivity (Wildman–Crippen MR) is 379 cm³/mol. The Morgan fingerprint density at radius 2 is 0.556 bits per heavy atom. The van der Waals surface area contributed by atoms with Crippen LogP contribution in [0, 0.1) is 5.41 Å². The Morgan fingerprint density at radius 1 is 0.293 bits per heavy atom. The Morgan fingerprint density at radius 3 is 0.838 bits per heavy atom. The normalized spacial score (nSPS) is 11.9. The molecule has 0 heterocycles. The van der Waals surface area contributed by atoms with Crippen molar-refractivity contribution in [1.82, 2.24) is 14.7 Å². The van der Waals surface area contributed by atoms with E-state index in [0.29, 0.717) is 19.3 Å². The van der Waals surface area contributed by atoms with Crippen LogP contribution in [0.25, 0.3) is 0 Å². The number of esters is 5. The predicted octanol–water partition coefficient (Wildman–Crippen LogP) is 14.0. The Bertz CT molecular complexity index is 1930. The van der Waals surface area contributed by atoms with Crippen molar-refractivity contribution in [2.24, 2.45) is 5.41 Å². The molecule has 0 rings (SSSR count). The molecule has 24 nitrogen and oxygen atoms in total. The molecule has 0 aromatic heterocycles. The van der Waals surface area contributed by atoms with Gasteiger partial charge in [0, 0.05) is 51.9 Å². The minimum absolute atomic E-state index is 0.0469. The first-order valence-electron chi connectivity index (χ1n) is 38.4. The summed E-state index contributed by atoms with van der Waals surface area (Å²) in [4.78, 5) is 128. The molecule has 576 valence electrons. The number of carboxylic acid groups (broad SMARTS) is 5. The van der Waals surface area contributed by atoms with Gasteiger partial charge < -0.3 is 54.0 Å². The summed E-state index contributed by atoms with van der Waals surface area (Å²) in [6, 6.07) is -1.67. The number of carbonyl (C=O) groups is 10. The fourth-order valence-corrected chi connectivity index (χ4v) is 11.8. The number of hydrogen-bond donors (Lipinski definition) is 5. The molecule has 0 aromatic rings. The standard InChI is InChI=1S/C75H135N3O21/c1-4-7-10-13-16-19-22-25-28-31-34-37-40-44-70(88)97-61-75(62-98-71(89)45-41-38-35-32-29-26-23-20-17-14-11-8-5-2,63-99-72(90)46-42-39-36-33-30-27-24-21-18-15-12-9-6-3)60-94-53-54-96-69(87)47-43-52-95-73(91)55-64(74(92)93)78(50-48-76(56-65(79)80)57-66(81)82)51-49-77(58-67(83)84)59-68(85)86/h64H,4-63H2,1-3H3,(H,79,80)(H,81,82)(H,83,84)(H,85,86)(H,92,93). The van der Waals surface area contributed by atoms with Crippen LogP contribution in [0.15, 0.2) is 0 Å². The summed E-state index contributed by atoms with van der Waals surface area (Å²) in [6.07, 6.45) is 44.5. The van der Waals surface area contributed by atoms with Crippen molar-refractivity contribution in [3.63, 3.8) is 0 Å². The molecule has 0 fully saturated rings. The largest absolute Gasteiger partial charge is 0.480 e. The van der Waals surface area contributed by atoms with Crippen molar-refractivity contribution in [3.05, 3.63) is 0 Å². The maximum atomic E-state index is 13.4. The average molecular weight is 1410 g/mol. The number of carboxylic acids is 5. The summed E-state index contributed by atoms with van der Waals surface area (Å²) in [7, 11) is 0. The molecule has 0 aromatic carbocycles. The van der Waals surface area contributed by atoms with E-state index in [1.807, 2.05) is 0 Å². The number of nitrogens with zero attached hydrogens (tertiary/aromatic N) is 3. The Kier molecular flexibility index (Phi) is 62.2. The zero-order valence-electron chi connectivity index (χ0n) is 61.6. The van der Waals surface area contributed by atoms with E-state index in [2.05, 4.69) is 20.8 Å². The van der Waals surface area contributed by atoms with E-state index in [9.17, 15) is 73.5 Å². The summed E-state index contributed by atoms with van der Waals surface area (Å²) in [5, 5.41) is 47.6. The van der Waals surface area contributed by atoms with E-state index in [-0.39, 0.29) is 105 Å². The molecule has 0 saturated carbocycles. The van der Waals surface area contributed by atoms with Crippen molar-refractivity contribution < 1.29 is 102 Å². The second-order valence-electron chi connectivity index (χ2n) is 27.1. The number of aliphatic carboxylic acids is 5. The Hall–Kier alpha value is -5.46. The van der Waals surface area contributed by atoms with Crippen LogP contribution in [0.1, 0.15) is 310 Å². The van der Waals surface area contributed by atoms with Gasteiger partial charge in [-0.3, -0.25) is 62.6 Å². The molecular formula is C75H135N3O21. The first kappa shape index (κ1) is 93.5. The number of unbranched alkanes of at least 4 members (excludes halogenated alkanes) is 36. The van der Waals surface area contributed by atoms with Crippen LogP contribution < -0.4 is 0 Å². The van der Waals surface area contributed by atoms with Gasteiger partial charge in [0.25, 0.3) is 0 Å². The van der Waals surface area contributed by atoms with E-state index in [0.717, 1.165) is 72.5 Å². The molecule has 0 amide bonds. The van der Waals surface area contributed by atoms with E-state index in [4.69, 9.17) is 28.4 Å². The van der Waals surface area contributed by atoms with E-state index in [1.54, 1.807) is 0 Å². The van der Waals surface area contributed by atoms with Gasteiger partial charge in [0.1, 0.15) is 32.5 Å². The van der Waals surface area contributed by atoms with Crippen LogP contribution in [-0.4, -0.2) is 205 Å². The van der Waals surface area contributed by atoms with Gasteiger partial charge in [-0.1, -0.05) is 252 Å². The summed E-state index contributed by atoms with van der Waals surface area (Å²) >= 11 is 0. The Labute approximate surface area is 593 Å². The molecule has 1 unspecified atom stereocenters. The smallest absolute Gasteiger partial charge is 0.321 e. The minimum Gasteiger partial charge on any atom is -0.480 e. The SMILES string of the molecule is CCCCCCCCCCCCCCCC(=O)OCC(COCCOC(=O)CCCOC(=O)CC(C(=O)O)N(CCN(CC(=O)O)CC(=O)O)CCN(CC(=O)O)CC(=O)O)(COC(=O)CCCCCCCCCCCCCCC)COC(=O)CCCCCCCCCCCCCCC. The molecule has 0 spiro atoms. The topological polar surface area (TPSA) is 337 Å². The van der Waals surface area contributed by atoms with Crippen LogP contribution in [0.2, 0.25) is 0 Å². The van der Waals surface area contributed by atoms with Crippen LogP contribution in [-0.2, 0) is 76.4 Å². The van der Waals surface area contributed by atoms with Gasteiger partial charge in [-0.25, -0.2) is 0 Å². The molecule has 0 radical (unpaired) electrons. The minimum atomic E-state index is -1.67. The lowest BCUT2D eigenvalue weighted by molar-refractivity contribution is -0.169. The van der Waals surface area contributed by atoms with Crippen LogP contribution >= 0.6 is 0 Å². The highest BCUT2D eigenvalue weighted by atomic mass is 16.6. The van der Waals surface area contributed by atoms with Crippen molar-refractivity contribution in [2.75, 3.05) is 98.6 Å². The molecule has 5 N–H and O–H groups in total. The zero-order chi connectivity index (χ0) is 73.3. The van der Waals surface area contributed by atoms with Crippen molar-refractivity contribution in [1.29, 1.82) is 0 Å². The van der Waals surface area contributed by atoms with Gasteiger partial charge >= 0.3 is 59.7 Å². The molecule has 0 aliphatic carbocycles. The molecule has 1 atom stereocenters. The molecule has 99 heavy (non-hydrogen) atoms. The summed E-state index contributed by atoms with van der Waals surface area (Å²) in [6.45, 7) is 0.707. The molecule has 0 aliphatic heterocycles. The fourth-order valence-electron chi connectivity index (χ4n) is 11.8. The Balaban J connectivity index is 6.01. The maximum absolute atomic E-state index is 13.4. The van der Waals surface area contributed by atoms with Crippen molar-refractivity contribution >= 4 is 59.7 Å². The molecule has 0 bridgehead atoms. The summed E-state index contributed by atoms with van der Waals surface area (Å²) in [5.74, 6) is -10.0. The fraction of sp³-hybridized carbons (Fsp3) is 0.867. The van der Waals surface area contributed by atoms with Crippen LogP contribution in [0.3, 0.4) is 0 Å². The van der Waals surface area contributed by atoms with Crippen molar-refractivity contribution in [3.8, 4) is 0 Å². The highest BCUT2D eigenvalue weighted by molar-refractivity contribution is 5.81. The third-order valence-corrected chi connectivity index (χ3v) is 17.7.